The maximum atomic E-state index is 12.3. The normalized spacial score (nSPS) is 23.0. The number of benzene rings is 1. The number of hydrazone groups is 1. The maximum Gasteiger partial charge on any atom is 0.354 e. The Balaban J connectivity index is 1.95. The van der Waals surface area contributed by atoms with Crippen molar-refractivity contribution in [3.05, 3.63) is 24.3 Å². The number of amides is 1. The minimum absolute atomic E-state index is 0.125. The number of fused-ring (bicyclic) bond motifs is 1. The van der Waals surface area contributed by atoms with E-state index in [1.165, 1.54) is 0 Å². The lowest BCUT2D eigenvalue weighted by Crippen LogP contribution is -2.52. The zero-order valence-electron chi connectivity index (χ0n) is 13.1. The number of methoxy groups -OCH3 is 1. The monoisotopic (exact) mass is 317 g/mol. The van der Waals surface area contributed by atoms with Gasteiger partial charge in [-0.3, -0.25) is 9.80 Å². The number of ether oxygens (including phenoxy) is 2. The van der Waals surface area contributed by atoms with Crippen molar-refractivity contribution in [1.82, 2.24) is 5.32 Å². The molecule has 1 N–H and O–H groups in total. The first-order chi connectivity index (χ1) is 11.2. The van der Waals surface area contributed by atoms with Crippen molar-refractivity contribution in [2.24, 2.45) is 11.0 Å². The van der Waals surface area contributed by atoms with Gasteiger partial charge in [0.05, 0.1) is 19.4 Å². The Kier molecular flexibility index (Phi) is 4.18. The first-order valence-corrected chi connectivity index (χ1v) is 7.62. The number of anilines is 1. The number of esters is 1. The summed E-state index contributed by atoms with van der Waals surface area (Å²) in [5.74, 6) is -0.106. The van der Waals surface area contributed by atoms with Crippen LogP contribution in [0.1, 0.15) is 13.3 Å². The predicted molar refractivity (Wildman–Crippen MR) is 84.4 cm³/mol. The average molecular weight is 317 g/mol. The highest BCUT2D eigenvalue weighted by atomic mass is 16.5. The molecule has 0 saturated carbocycles. The summed E-state index contributed by atoms with van der Waals surface area (Å²) in [5.41, 5.74) is 1.06. The molecule has 1 saturated heterocycles. The highest BCUT2D eigenvalue weighted by molar-refractivity contribution is 6.39. The summed E-state index contributed by atoms with van der Waals surface area (Å²) < 4.78 is 10.2. The minimum atomic E-state index is -0.517. The molecule has 3 rings (SSSR count). The highest BCUT2D eigenvalue weighted by Gasteiger charge is 2.47. The Morgan fingerprint density at radius 1 is 1.39 bits per heavy atom. The molecular weight excluding hydrogens is 298 g/mol. The van der Waals surface area contributed by atoms with E-state index in [0.717, 1.165) is 5.69 Å². The fraction of sp³-hybridized carbons (Fsp3) is 0.438. The van der Waals surface area contributed by atoms with Gasteiger partial charge in [-0.2, -0.15) is 5.10 Å². The summed E-state index contributed by atoms with van der Waals surface area (Å²) in [6.07, 6.45) is 0.667. The molecule has 0 aliphatic carbocycles. The zero-order chi connectivity index (χ0) is 16.4. The SMILES string of the molecule is CCOC(=O)C1=NN(c2ccc(OC)cc2)[C@@H]2C(=O)NCC[C@@H]12. The number of carbonyl (C=O) groups excluding carboxylic acids is 2. The summed E-state index contributed by atoms with van der Waals surface area (Å²) >= 11 is 0. The van der Waals surface area contributed by atoms with Crippen molar-refractivity contribution in [3.8, 4) is 5.75 Å². The fourth-order valence-corrected chi connectivity index (χ4v) is 2.97. The summed E-state index contributed by atoms with van der Waals surface area (Å²) in [7, 11) is 1.59. The van der Waals surface area contributed by atoms with Crippen molar-refractivity contribution in [2.45, 2.75) is 19.4 Å². The molecule has 2 aliphatic rings. The Morgan fingerprint density at radius 2 is 2.13 bits per heavy atom. The summed E-state index contributed by atoms with van der Waals surface area (Å²) in [4.78, 5) is 24.5. The molecule has 122 valence electrons. The van der Waals surface area contributed by atoms with Gasteiger partial charge in [-0.25, -0.2) is 4.79 Å². The second kappa shape index (κ2) is 6.28. The predicted octanol–water partition coefficient (Wildman–Crippen LogP) is 0.939. The quantitative estimate of drug-likeness (QED) is 0.836. The fourth-order valence-electron chi connectivity index (χ4n) is 2.97. The third kappa shape index (κ3) is 2.74. The van der Waals surface area contributed by atoms with Crippen LogP contribution in [-0.4, -0.2) is 43.9 Å². The summed E-state index contributed by atoms with van der Waals surface area (Å²) in [6.45, 7) is 2.57. The molecule has 1 fully saturated rings. The van der Waals surface area contributed by atoms with E-state index in [4.69, 9.17) is 9.47 Å². The molecule has 0 spiro atoms. The molecule has 7 nitrogen and oxygen atoms in total. The Morgan fingerprint density at radius 3 is 2.78 bits per heavy atom. The molecule has 7 heteroatoms. The largest absolute Gasteiger partial charge is 0.497 e. The number of rotatable bonds is 4. The summed E-state index contributed by atoms with van der Waals surface area (Å²) in [6, 6.07) is 6.70. The third-order valence-electron chi connectivity index (χ3n) is 4.06. The molecule has 0 radical (unpaired) electrons. The lowest BCUT2D eigenvalue weighted by atomic mass is 9.88. The zero-order valence-corrected chi connectivity index (χ0v) is 13.1. The average Bonchev–Trinajstić information content (AvgIpc) is 2.96. The van der Waals surface area contributed by atoms with Crippen molar-refractivity contribution in [3.63, 3.8) is 0 Å². The van der Waals surface area contributed by atoms with Gasteiger partial charge in [-0.15, -0.1) is 0 Å². The van der Waals surface area contributed by atoms with Crippen molar-refractivity contribution < 1.29 is 19.1 Å². The van der Waals surface area contributed by atoms with E-state index in [1.807, 2.05) is 12.1 Å². The van der Waals surface area contributed by atoms with Crippen molar-refractivity contribution >= 4 is 23.3 Å². The van der Waals surface area contributed by atoms with Crippen molar-refractivity contribution in [2.75, 3.05) is 25.3 Å². The molecule has 1 amide bonds. The van der Waals surface area contributed by atoms with Crippen molar-refractivity contribution in [1.29, 1.82) is 0 Å². The lowest BCUT2D eigenvalue weighted by molar-refractivity contribution is -0.135. The molecule has 2 atom stereocenters. The molecule has 0 unspecified atom stereocenters. The number of piperidine rings is 1. The van der Waals surface area contributed by atoms with Crippen LogP contribution in [0.5, 0.6) is 5.75 Å². The molecule has 1 aromatic rings. The second-order valence-corrected chi connectivity index (χ2v) is 5.38. The Labute approximate surface area is 134 Å². The van der Waals surface area contributed by atoms with Crippen LogP contribution in [0.25, 0.3) is 0 Å². The van der Waals surface area contributed by atoms with Crippen LogP contribution in [0.3, 0.4) is 0 Å². The Hall–Kier alpha value is -2.57. The van der Waals surface area contributed by atoms with Crippen LogP contribution in [0.2, 0.25) is 0 Å². The first kappa shape index (κ1) is 15.3. The molecule has 2 aliphatic heterocycles. The number of nitrogens with zero attached hydrogens (tertiary/aromatic N) is 2. The number of nitrogens with one attached hydrogen (secondary N) is 1. The van der Waals surface area contributed by atoms with Gasteiger partial charge in [0, 0.05) is 12.5 Å². The number of hydrogen-bond acceptors (Lipinski definition) is 6. The molecule has 0 bridgehead atoms. The maximum absolute atomic E-state index is 12.3. The van der Waals surface area contributed by atoms with Gasteiger partial charge in [0.1, 0.15) is 11.8 Å². The van der Waals surface area contributed by atoms with E-state index in [1.54, 1.807) is 31.2 Å². The van der Waals surface area contributed by atoms with Crippen LogP contribution in [0, 0.1) is 5.92 Å². The molecular formula is C16H19N3O4. The van der Waals surface area contributed by atoms with Gasteiger partial charge in [0.25, 0.3) is 0 Å². The number of hydrogen-bond donors (Lipinski definition) is 1. The minimum Gasteiger partial charge on any atom is -0.497 e. The second-order valence-electron chi connectivity index (χ2n) is 5.38. The van der Waals surface area contributed by atoms with Crippen LogP contribution >= 0.6 is 0 Å². The van der Waals surface area contributed by atoms with Gasteiger partial charge in [-0.1, -0.05) is 0 Å². The lowest BCUT2D eigenvalue weighted by Gasteiger charge is -2.30. The third-order valence-corrected chi connectivity index (χ3v) is 4.06. The molecule has 23 heavy (non-hydrogen) atoms. The Bertz CT molecular complexity index is 641. The standard InChI is InChI=1S/C16H19N3O4/c1-3-23-16(21)13-12-8-9-17-15(20)14(12)19(18-13)10-4-6-11(22-2)7-5-10/h4-7,12,14H,3,8-9H2,1-2H3,(H,17,20)/t12-,14-/m0/s1. The van der Waals surface area contributed by atoms with Gasteiger partial charge in [0.2, 0.25) is 5.91 Å². The van der Waals surface area contributed by atoms with Crippen LogP contribution in [-0.2, 0) is 14.3 Å². The van der Waals surface area contributed by atoms with Crippen LogP contribution in [0.15, 0.2) is 29.4 Å². The topological polar surface area (TPSA) is 80.2 Å². The highest BCUT2D eigenvalue weighted by Crippen LogP contribution is 2.33. The van der Waals surface area contributed by atoms with E-state index in [-0.39, 0.29) is 18.4 Å². The van der Waals surface area contributed by atoms with E-state index < -0.39 is 12.0 Å². The van der Waals surface area contributed by atoms with Gasteiger partial charge in [0.15, 0.2) is 5.71 Å². The van der Waals surface area contributed by atoms with E-state index in [9.17, 15) is 9.59 Å². The first-order valence-electron chi connectivity index (χ1n) is 7.62. The van der Waals surface area contributed by atoms with E-state index >= 15 is 0 Å². The molecule has 1 aromatic carbocycles. The molecule has 0 aromatic heterocycles. The van der Waals surface area contributed by atoms with Gasteiger partial charge in [-0.05, 0) is 37.6 Å². The van der Waals surface area contributed by atoms with Gasteiger partial charge < -0.3 is 14.8 Å². The number of carbonyl (C=O) groups is 2. The van der Waals surface area contributed by atoms with E-state index in [0.29, 0.717) is 24.4 Å². The smallest absolute Gasteiger partial charge is 0.354 e. The summed E-state index contributed by atoms with van der Waals surface area (Å²) in [5, 5.41) is 8.84. The van der Waals surface area contributed by atoms with Crippen LogP contribution < -0.4 is 15.1 Å². The van der Waals surface area contributed by atoms with Gasteiger partial charge >= 0.3 is 5.97 Å². The molecule has 2 heterocycles. The van der Waals surface area contributed by atoms with Crippen LogP contribution in [0.4, 0.5) is 5.69 Å². The van der Waals surface area contributed by atoms with E-state index in [2.05, 4.69) is 10.4 Å².